The highest BCUT2D eigenvalue weighted by Crippen LogP contribution is 2.21. The largest absolute Gasteiger partial charge is 0.389 e. The number of hydrogen-bond acceptors (Lipinski definition) is 2. The summed E-state index contributed by atoms with van der Waals surface area (Å²) in [6.45, 7) is 2.21. The lowest BCUT2D eigenvalue weighted by Gasteiger charge is -2.23. The maximum atomic E-state index is 11.8. The standard InChI is InChI=1S/C10H18F3NO/c11-10(12,13)5-1-2-6-14-9-3-7-15-8-4-9/h9,14H,1-8H2. The van der Waals surface area contributed by atoms with Crippen LogP contribution in [0.4, 0.5) is 13.2 Å². The lowest BCUT2D eigenvalue weighted by Crippen LogP contribution is -2.35. The Morgan fingerprint density at radius 2 is 1.80 bits per heavy atom. The summed E-state index contributed by atoms with van der Waals surface area (Å²) in [6, 6.07) is 0.435. The summed E-state index contributed by atoms with van der Waals surface area (Å²) in [5.41, 5.74) is 0. The summed E-state index contributed by atoms with van der Waals surface area (Å²) < 4.78 is 40.6. The summed E-state index contributed by atoms with van der Waals surface area (Å²) in [5.74, 6) is 0. The minimum atomic E-state index is -4.00. The zero-order valence-electron chi connectivity index (χ0n) is 8.78. The van der Waals surface area contributed by atoms with Gasteiger partial charge in [0.05, 0.1) is 0 Å². The van der Waals surface area contributed by atoms with Gasteiger partial charge in [-0.1, -0.05) is 0 Å². The average molecular weight is 225 g/mol. The van der Waals surface area contributed by atoms with Gasteiger partial charge in [0.15, 0.2) is 0 Å². The number of alkyl halides is 3. The van der Waals surface area contributed by atoms with Crippen LogP contribution in [0.2, 0.25) is 0 Å². The molecule has 0 aliphatic carbocycles. The van der Waals surface area contributed by atoms with Crippen molar-refractivity contribution in [2.45, 2.75) is 44.3 Å². The van der Waals surface area contributed by atoms with Gasteiger partial charge in [-0.25, -0.2) is 0 Å². The highest BCUT2D eigenvalue weighted by molar-refractivity contribution is 4.69. The molecule has 1 aliphatic heterocycles. The molecule has 1 fully saturated rings. The van der Waals surface area contributed by atoms with Crippen molar-refractivity contribution >= 4 is 0 Å². The molecule has 0 spiro atoms. The molecule has 2 nitrogen and oxygen atoms in total. The van der Waals surface area contributed by atoms with Crippen LogP contribution in [0.1, 0.15) is 32.1 Å². The van der Waals surface area contributed by atoms with Crippen molar-refractivity contribution in [3.63, 3.8) is 0 Å². The first-order chi connectivity index (χ1) is 7.08. The molecule has 0 unspecified atom stereocenters. The molecule has 1 rings (SSSR count). The third-order valence-electron chi connectivity index (χ3n) is 2.54. The van der Waals surface area contributed by atoms with E-state index in [0.717, 1.165) is 26.1 Å². The lowest BCUT2D eigenvalue weighted by atomic mass is 10.1. The molecule has 90 valence electrons. The highest BCUT2D eigenvalue weighted by Gasteiger charge is 2.25. The zero-order valence-corrected chi connectivity index (χ0v) is 8.78. The van der Waals surface area contributed by atoms with Crippen LogP contribution in [-0.2, 0) is 4.74 Å². The molecular weight excluding hydrogens is 207 g/mol. The van der Waals surface area contributed by atoms with Gasteiger partial charge in [0.25, 0.3) is 0 Å². The molecule has 1 saturated heterocycles. The van der Waals surface area contributed by atoms with E-state index >= 15 is 0 Å². The SMILES string of the molecule is FC(F)(F)CCCCNC1CCOCC1. The zero-order chi connectivity index (χ0) is 11.1. The van der Waals surface area contributed by atoms with Crippen molar-refractivity contribution in [2.75, 3.05) is 19.8 Å². The summed E-state index contributed by atoms with van der Waals surface area (Å²) in [5, 5.41) is 3.26. The number of halogens is 3. The summed E-state index contributed by atoms with van der Waals surface area (Å²) >= 11 is 0. The van der Waals surface area contributed by atoms with Crippen LogP contribution in [0.15, 0.2) is 0 Å². The van der Waals surface area contributed by atoms with Crippen molar-refractivity contribution < 1.29 is 17.9 Å². The van der Waals surface area contributed by atoms with Gasteiger partial charge in [0.2, 0.25) is 0 Å². The molecule has 1 N–H and O–H groups in total. The van der Waals surface area contributed by atoms with E-state index in [9.17, 15) is 13.2 Å². The Hall–Kier alpha value is -0.290. The van der Waals surface area contributed by atoms with Crippen molar-refractivity contribution in [1.82, 2.24) is 5.32 Å². The number of nitrogens with one attached hydrogen (secondary N) is 1. The summed E-state index contributed by atoms with van der Waals surface area (Å²) in [7, 11) is 0. The highest BCUT2D eigenvalue weighted by atomic mass is 19.4. The Morgan fingerprint density at radius 1 is 1.13 bits per heavy atom. The predicted molar refractivity (Wildman–Crippen MR) is 51.7 cm³/mol. The van der Waals surface area contributed by atoms with E-state index in [2.05, 4.69) is 5.32 Å². The molecule has 0 bridgehead atoms. The van der Waals surface area contributed by atoms with E-state index in [1.807, 2.05) is 0 Å². The molecule has 0 aromatic rings. The second-order valence-electron chi connectivity index (χ2n) is 3.91. The predicted octanol–water partition coefficient (Wildman–Crippen LogP) is 2.49. The quantitative estimate of drug-likeness (QED) is 0.726. The van der Waals surface area contributed by atoms with Crippen LogP contribution in [-0.4, -0.2) is 32.0 Å². The molecule has 0 radical (unpaired) electrons. The Kier molecular flexibility index (Phi) is 5.39. The molecule has 1 heterocycles. The molecule has 0 aromatic heterocycles. The maximum Gasteiger partial charge on any atom is 0.389 e. The number of unbranched alkanes of at least 4 members (excludes halogenated alkanes) is 1. The fraction of sp³-hybridized carbons (Fsp3) is 1.00. The van der Waals surface area contributed by atoms with Gasteiger partial charge in [-0.15, -0.1) is 0 Å². The minimum Gasteiger partial charge on any atom is -0.381 e. The van der Waals surface area contributed by atoms with Crippen LogP contribution in [0.3, 0.4) is 0 Å². The van der Waals surface area contributed by atoms with E-state index in [4.69, 9.17) is 4.74 Å². The Balaban J connectivity index is 1.92. The van der Waals surface area contributed by atoms with E-state index < -0.39 is 12.6 Å². The molecule has 0 saturated carbocycles. The second kappa shape index (κ2) is 6.33. The monoisotopic (exact) mass is 225 g/mol. The minimum absolute atomic E-state index is 0.222. The summed E-state index contributed by atoms with van der Waals surface area (Å²) in [4.78, 5) is 0. The van der Waals surface area contributed by atoms with Gasteiger partial charge in [-0.2, -0.15) is 13.2 Å². The van der Waals surface area contributed by atoms with Gasteiger partial charge in [-0.05, 0) is 32.2 Å². The molecule has 15 heavy (non-hydrogen) atoms. The van der Waals surface area contributed by atoms with Gasteiger partial charge < -0.3 is 10.1 Å². The molecule has 5 heteroatoms. The van der Waals surface area contributed by atoms with E-state index in [-0.39, 0.29) is 6.42 Å². The van der Waals surface area contributed by atoms with Crippen molar-refractivity contribution in [3.05, 3.63) is 0 Å². The van der Waals surface area contributed by atoms with Crippen molar-refractivity contribution in [1.29, 1.82) is 0 Å². The fourth-order valence-corrected chi connectivity index (χ4v) is 1.66. The van der Waals surface area contributed by atoms with Gasteiger partial charge in [0.1, 0.15) is 0 Å². The summed E-state index contributed by atoms with van der Waals surface area (Å²) in [6.07, 6.45) is -1.91. The topological polar surface area (TPSA) is 21.3 Å². The molecule has 0 amide bonds. The second-order valence-corrected chi connectivity index (χ2v) is 3.91. The Labute approximate surface area is 88.2 Å². The average Bonchev–Trinajstić information content (AvgIpc) is 2.17. The van der Waals surface area contributed by atoms with Crippen molar-refractivity contribution in [3.8, 4) is 0 Å². The van der Waals surface area contributed by atoms with Gasteiger partial charge in [-0.3, -0.25) is 0 Å². The van der Waals surface area contributed by atoms with E-state index in [1.54, 1.807) is 0 Å². The van der Waals surface area contributed by atoms with Crippen LogP contribution in [0, 0.1) is 0 Å². The Morgan fingerprint density at radius 3 is 2.40 bits per heavy atom. The van der Waals surface area contributed by atoms with Gasteiger partial charge >= 0.3 is 6.18 Å². The van der Waals surface area contributed by atoms with E-state index in [0.29, 0.717) is 19.0 Å². The maximum absolute atomic E-state index is 11.8. The van der Waals surface area contributed by atoms with Crippen LogP contribution in [0.25, 0.3) is 0 Å². The normalized spacial score (nSPS) is 19.4. The third-order valence-corrected chi connectivity index (χ3v) is 2.54. The van der Waals surface area contributed by atoms with Crippen molar-refractivity contribution in [2.24, 2.45) is 0 Å². The smallest absolute Gasteiger partial charge is 0.381 e. The van der Waals surface area contributed by atoms with E-state index in [1.165, 1.54) is 0 Å². The van der Waals surface area contributed by atoms with Crippen LogP contribution in [0.5, 0.6) is 0 Å². The lowest BCUT2D eigenvalue weighted by molar-refractivity contribution is -0.135. The Bertz CT molecular complexity index is 167. The third kappa shape index (κ3) is 6.73. The molecule has 0 aromatic carbocycles. The molecular formula is C10H18F3NO. The molecule has 0 atom stereocenters. The number of ether oxygens (including phenoxy) is 1. The van der Waals surface area contributed by atoms with Gasteiger partial charge in [0, 0.05) is 25.7 Å². The number of rotatable bonds is 5. The van der Waals surface area contributed by atoms with Crippen LogP contribution < -0.4 is 5.32 Å². The first kappa shape index (κ1) is 12.8. The fourth-order valence-electron chi connectivity index (χ4n) is 1.66. The number of hydrogen-bond donors (Lipinski definition) is 1. The van der Waals surface area contributed by atoms with Crippen LogP contribution >= 0.6 is 0 Å². The molecule has 1 aliphatic rings. The first-order valence-electron chi connectivity index (χ1n) is 5.46. The first-order valence-corrected chi connectivity index (χ1v) is 5.46.